The molecule has 2 aromatic heterocycles. The Bertz CT molecular complexity index is 698. The molecule has 0 bridgehead atoms. The third-order valence-electron chi connectivity index (χ3n) is 3.34. The summed E-state index contributed by atoms with van der Waals surface area (Å²) in [4.78, 5) is 10.8. The van der Waals surface area contributed by atoms with Crippen LogP contribution >= 0.6 is 0 Å². The molecule has 0 atom stereocenters. The van der Waals surface area contributed by atoms with Gasteiger partial charge in [-0.2, -0.15) is 0 Å². The maximum absolute atomic E-state index is 5.31. The van der Waals surface area contributed by atoms with Gasteiger partial charge in [0.25, 0.3) is 0 Å². The average Bonchev–Trinajstić information content (AvgIpc) is 3.09. The van der Waals surface area contributed by atoms with Crippen LogP contribution in [0, 0.1) is 0 Å². The Morgan fingerprint density at radius 3 is 2.68 bits per heavy atom. The number of nitrogens with zero attached hydrogens (tertiary/aromatic N) is 3. The number of hydrogen-bond donors (Lipinski definition) is 1. The van der Waals surface area contributed by atoms with Gasteiger partial charge in [0.1, 0.15) is 23.7 Å². The summed E-state index contributed by atoms with van der Waals surface area (Å²) in [6.45, 7) is 3.53. The molecule has 112 valence electrons. The highest BCUT2D eigenvalue weighted by atomic mass is 16.3. The Labute approximate surface area is 129 Å². The van der Waals surface area contributed by atoms with Gasteiger partial charge in [0.2, 0.25) is 0 Å². The molecule has 0 amide bonds. The SMILES string of the molecule is CCN(c1ccccc1)c1cc(NCc2ccco2)ncn1. The van der Waals surface area contributed by atoms with Crippen LogP contribution in [0.4, 0.5) is 17.3 Å². The van der Waals surface area contributed by atoms with Crippen molar-refractivity contribution in [3.8, 4) is 0 Å². The first-order valence-corrected chi connectivity index (χ1v) is 7.27. The number of nitrogens with one attached hydrogen (secondary N) is 1. The van der Waals surface area contributed by atoms with Crippen LogP contribution in [0.3, 0.4) is 0 Å². The minimum absolute atomic E-state index is 0.598. The number of para-hydroxylation sites is 1. The third-order valence-corrected chi connectivity index (χ3v) is 3.34. The van der Waals surface area contributed by atoms with Crippen molar-refractivity contribution in [2.24, 2.45) is 0 Å². The van der Waals surface area contributed by atoms with Crippen molar-refractivity contribution in [2.45, 2.75) is 13.5 Å². The van der Waals surface area contributed by atoms with Crippen LogP contribution in [-0.2, 0) is 6.54 Å². The van der Waals surface area contributed by atoms with E-state index in [-0.39, 0.29) is 0 Å². The van der Waals surface area contributed by atoms with Crippen LogP contribution in [0.15, 0.2) is 65.5 Å². The van der Waals surface area contributed by atoms with Gasteiger partial charge in [0.05, 0.1) is 12.8 Å². The maximum Gasteiger partial charge on any atom is 0.138 e. The lowest BCUT2D eigenvalue weighted by Gasteiger charge is -2.22. The molecule has 1 N–H and O–H groups in total. The number of benzene rings is 1. The molecule has 22 heavy (non-hydrogen) atoms. The first-order valence-electron chi connectivity index (χ1n) is 7.27. The minimum Gasteiger partial charge on any atom is -0.467 e. The predicted octanol–water partition coefficient (Wildman–Crippen LogP) is 3.84. The van der Waals surface area contributed by atoms with Crippen LogP contribution in [0.2, 0.25) is 0 Å². The lowest BCUT2D eigenvalue weighted by Crippen LogP contribution is -2.17. The molecule has 0 aliphatic carbocycles. The van der Waals surface area contributed by atoms with E-state index >= 15 is 0 Å². The highest BCUT2D eigenvalue weighted by Gasteiger charge is 2.09. The van der Waals surface area contributed by atoms with Crippen LogP contribution in [0.1, 0.15) is 12.7 Å². The normalized spacial score (nSPS) is 10.4. The zero-order valence-corrected chi connectivity index (χ0v) is 12.4. The predicted molar refractivity (Wildman–Crippen MR) is 87.2 cm³/mol. The van der Waals surface area contributed by atoms with E-state index in [1.165, 1.54) is 0 Å². The second kappa shape index (κ2) is 6.76. The molecule has 3 rings (SSSR count). The third kappa shape index (κ3) is 3.25. The highest BCUT2D eigenvalue weighted by Crippen LogP contribution is 2.24. The Kier molecular flexibility index (Phi) is 4.34. The Balaban J connectivity index is 1.77. The van der Waals surface area contributed by atoms with Crippen molar-refractivity contribution >= 4 is 17.3 Å². The van der Waals surface area contributed by atoms with Gasteiger partial charge in [-0.1, -0.05) is 18.2 Å². The van der Waals surface area contributed by atoms with E-state index in [0.29, 0.717) is 6.54 Å². The molecular formula is C17H18N4O. The summed E-state index contributed by atoms with van der Waals surface area (Å²) in [6.07, 6.45) is 3.24. The number of rotatable bonds is 6. The van der Waals surface area contributed by atoms with E-state index in [9.17, 15) is 0 Å². The van der Waals surface area contributed by atoms with Gasteiger partial charge in [0.15, 0.2) is 0 Å². The van der Waals surface area contributed by atoms with Gasteiger partial charge in [-0.15, -0.1) is 0 Å². The monoisotopic (exact) mass is 294 g/mol. The Morgan fingerprint density at radius 2 is 1.95 bits per heavy atom. The summed E-state index contributed by atoms with van der Waals surface area (Å²) >= 11 is 0. The van der Waals surface area contributed by atoms with Gasteiger partial charge in [-0.25, -0.2) is 9.97 Å². The molecule has 0 saturated carbocycles. The Hall–Kier alpha value is -2.82. The Morgan fingerprint density at radius 1 is 1.09 bits per heavy atom. The van der Waals surface area contributed by atoms with E-state index < -0.39 is 0 Å². The van der Waals surface area contributed by atoms with Crippen molar-refractivity contribution in [2.75, 3.05) is 16.8 Å². The summed E-state index contributed by atoms with van der Waals surface area (Å²) < 4.78 is 5.31. The molecule has 0 saturated heterocycles. The lowest BCUT2D eigenvalue weighted by atomic mass is 10.3. The minimum atomic E-state index is 0.598. The number of hydrogen-bond acceptors (Lipinski definition) is 5. The molecule has 1 aromatic carbocycles. The van der Waals surface area contributed by atoms with Crippen LogP contribution in [0.5, 0.6) is 0 Å². The van der Waals surface area contributed by atoms with E-state index in [4.69, 9.17) is 4.42 Å². The number of anilines is 3. The molecule has 0 aliphatic heterocycles. The molecule has 0 fully saturated rings. The largest absolute Gasteiger partial charge is 0.467 e. The first-order chi connectivity index (χ1) is 10.9. The molecule has 0 unspecified atom stereocenters. The van der Waals surface area contributed by atoms with E-state index in [0.717, 1.165) is 29.6 Å². The summed E-state index contributed by atoms with van der Waals surface area (Å²) in [5.74, 6) is 2.51. The molecule has 2 heterocycles. The standard InChI is InChI=1S/C17H18N4O/c1-2-21(14-7-4-3-5-8-14)17-11-16(19-13-20-17)18-12-15-9-6-10-22-15/h3-11,13H,2,12H2,1H3,(H,18,19,20). The molecule has 0 aliphatic rings. The zero-order valence-electron chi connectivity index (χ0n) is 12.4. The molecule has 5 heteroatoms. The highest BCUT2D eigenvalue weighted by molar-refractivity contribution is 5.61. The van der Waals surface area contributed by atoms with Crippen LogP contribution < -0.4 is 10.2 Å². The van der Waals surface area contributed by atoms with E-state index in [2.05, 4.69) is 39.2 Å². The van der Waals surface area contributed by atoms with Crippen molar-refractivity contribution < 1.29 is 4.42 Å². The average molecular weight is 294 g/mol. The molecule has 0 spiro atoms. The van der Waals surface area contributed by atoms with Crippen molar-refractivity contribution in [1.82, 2.24) is 9.97 Å². The van der Waals surface area contributed by atoms with Crippen molar-refractivity contribution in [1.29, 1.82) is 0 Å². The fourth-order valence-corrected chi connectivity index (χ4v) is 2.27. The summed E-state index contributed by atoms with van der Waals surface area (Å²) in [7, 11) is 0. The molecule has 5 nitrogen and oxygen atoms in total. The van der Waals surface area contributed by atoms with Gasteiger partial charge >= 0.3 is 0 Å². The quantitative estimate of drug-likeness (QED) is 0.748. The number of aromatic nitrogens is 2. The molecule has 3 aromatic rings. The molecule has 0 radical (unpaired) electrons. The van der Waals surface area contributed by atoms with Crippen LogP contribution in [-0.4, -0.2) is 16.5 Å². The van der Waals surface area contributed by atoms with Gasteiger partial charge in [-0.3, -0.25) is 0 Å². The second-order valence-corrected chi connectivity index (χ2v) is 4.77. The van der Waals surface area contributed by atoms with E-state index in [1.807, 2.05) is 36.4 Å². The van der Waals surface area contributed by atoms with Crippen LogP contribution in [0.25, 0.3) is 0 Å². The van der Waals surface area contributed by atoms with Gasteiger partial charge in [0, 0.05) is 18.3 Å². The van der Waals surface area contributed by atoms with Gasteiger partial charge < -0.3 is 14.6 Å². The second-order valence-electron chi connectivity index (χ2n) is 4.77. The fourth-order valence-electron chi connectivity index (χ4n) is 2.27. The summed E-state index contributed by atoms with van der Waals surface area (Å²) in [6, 6.07) is 15.9. The summed E-state index contributed by atoms with van der Waals surface area (Å²) in [5, 5.41) is 3.25. The molecular weight excluding hydrogens is 276 g/mol. The topological polar surface area (TPSA) is 54.2 Å². The smallest absolute Gasteiger partial charge is 0.138 e. The first kappa shape index (κ1) is 14.1. The summed E-state index contributed by atoms with van der Waals surface area (Å²) in [5.41, 5.74) is 1.11. The number of furan rings is 1. The maximum atomic E-state index is 5.31. The van der Waals surface area contributed by atoms with E-state index in [1.54, 1.807) is 12.6 Å². The van der Waals surface area contributed by atoms with Crippen molar-refractivity contribution in [3.05, 3.63) is 66.9 Å². The van der Waals surface area contributed by atoms with Crippen molar-refractivity contribution in [3.63, 3.8) is 0 Å². The fraction of sp³-hybridized carbons (Fsp3) is 0.176. The van der Waals surface area contributed by atoms with Gasteiger partial charge in [-0.05, 0) is 31.2 Å². The lowest BCUT2D eigenvalue weighted by molar-refractivity contribution is 0.518. The zero-order chi connectivity index (χ0) is 15.2.